The summed E-state index contributed by atoms with van der Waals surface area (Å²) in [7, 11) is 0. The predicted molar refractivity (Wildman–Crippen MR) is 102 cm³/mol. The van der Waals surface area contributed by atoms with Crippen molar-refractivity contribution in [1.82, 2.24) is 9.88 Å². The molecule has 4 rings (SSSR count). The molecule has 7 nitrogen and oxygen atoms in total. The Morgan fingerprint density at radius 1 is 1.27 bits per heavy atom. The number of thiazole rings is 1. The monoisotopic (exact) mass is 374 g/mol. The van der Waals surface area contributed by atoms with Crippen molar-refractivity contribution in [2.75, 3.05) is 43.1 Å². The summed E-state index contributed by atoms with van der Waals surface area (Å²) in [5.41, 5.74) is 1.68. The van der Waals surface area contributed by atoms with Gasteiger partial charge in [0.1, 0.15) is 6.04 Å². The number of aromatic nitrogens is 1. The lowest BCUT2D eigenvalue weighted by molar-refractivity contribution is -0.134. The number of hydrogen-bond acceptors (Lipinski definition) is 6. The Morgan fingerprint density at radius 2 is 2.08 bits per heavy atom. The van der Waals surface area contributed by atoms with Gasteiger partial charge in [-0.3, -0.25) is 9.59 Å². The lowest BCUT2D eigenvalue weighted by Gasteiger charge is -2.25. The topological polar surface area (TPSA) is 74.8 Å². The largest absolute Gasteiger partial charge is 0.378 e. The van der Waals surface area contributed by atoms with Gasteiger partial charge in [0, 0.05) is 32.2 Å². The third-order valence-electron chi connectivity index (χ3n) is 4.89. The highest BCUT2D eigenvalue weighted by Crippen LogP contribution is 2.31. The fourth-order valence-corrected chi connectivity index (χ4v) is 4.58. The highest BCUT2D eigenvalue weighted by molar-refractivity contribution is 7.22. The van der Waals surface area contributed by atoms with Gasteiger partial charge in [-0.15, -0.1) is 0 Å². The molecule has 26 heavy (non-hydrogen) atoms. The fourth-order valence-electron chi connectivity index (χ4n) is 3.52. The number of anilines is 2. The second kappa shape index (κ2) is 7.20. The first-order chi connectivity index (χ1) is 12.6. The Labute approximate surface area is 155 Å². The zero-order chi connectivity index (χ0) is 18.1. The van der Waals surface area contributed by atoms with Crippen molar-refractivity contribution in [3.63, 3.8) is 0 Å². The van der Waals surface area contributed by atoms with Gasteiger partial charge in [-0.2, -0.15) is 0 Å². The van der Waals surface area contributed by atoms with Gasteiger partial charge in [0.25, 0.3) is 0 Å². The van der Waals surface area contributed by atoms with Crippen molar-refractivity contribution < 1.29 is 14.3 Å². The molecule has 0 spiro atoms. The molecule has 1 N–H and O–H groups in total. The second-order valence-corrected chi connectivity index (χ2v) is 7.65. The van der Waals surface area contributed by atoms with E-state index in [0.717, 1.165) is 60.2 Å². The normalized spacial score (nSPS) is 20.6. The third-order valence-corrected chi connectivity index (χ3v) is 5.97. The van der Waals surface area contributed by atoms with Crippen molar-refractivity contribution in [3.8, 4) is 0 Å². The van der Waals surface area contributed by atoms with Gasteiger partial charge in [-0.1, -0.05) is 11.3 Å². The van der Waals surface area contributed by atoms with Crippen molar-refractivity contribution in [3.05, 3.63) is 18.2 Å². The minimum absolute atomic E-state index is 0.0456. The van der Waals surface area contributed by atoms with Gasteiger partial charge >= 0.3 is 0 Å². The van der Waals surface area contributed by atoms with Gasteiger partial charge in [0.15, 0.2) is 5.13 Å². The molecule has 1 aromatic carbocycles. The molecule has 2 fully saturated rings. The lowest BCUT2D eigenvalue weighted by Crippen LogP contribution is -2.42. The number of hydrogen-bond donors (Lipinski definition) is 1. The maximum atomic E-state index is 12.6. The molecule has 0 radical (unpaired) electrons. The van der Waals surface area contributed by atoms with Crippen LogP contribution in [0.2, 0.25) is 0 Å². The van der Waals surface area contributed by atoms with E-state index in [9.17, 15) is 9.59 Å². The molecule has 2 amide bonds. The molecule has 8 heteroatoms. The van der Waals surface area contributed by atoms with Crippen LogP contribution in [0.5, 0.6) is 0 Å². The third kappa shape index (κ3) is 3.39. The van der Waals surface area contributed by atoms with Gasteiger partial charge in [-0.05, 0) is 31.0 Å². The van der Waals surface area contributed by atoms with Crippen LogP contribution < -0.4 is 10.2 Å². The first kappa shape index (κ1) is 17.2. The number of amides is 2. The Bertz CT molecular complexity index is 831. The first-order valence-electron chi connectivity index (χ1n) is 8.93. The molecule has 0 saturated carbocycles. The molecule has 1 atom stereocenters. The number of carbonyl (C=O) groups excluding carboxylic acids is 2. The van der Waals surface area contributed by atoms with Crippen LogP contribution in [0.3, 0.4) is 0 Å². The summed E-state index contributed by atoms with van der Waals surface area (Å²) in [6, 6.07) is 5.40. The van der Waals surface area contributed by atoms with Crippen LogP contribution in [0.15, 0.2) is 18.2 Å². The van der Waals surface area contributed by atoms with Gasteiger partial charge in [-0.25, -0.2) is 4.98 Å². The number of benzene rings is 1. The van der Waals surface area contributed by atoms with E-state index in [2.05, 4.69) is 10.2 Å². The highest BCUT2D eigenvalue weighted by Gasteiger charge is 2.32. The van der Waals surface area contributed by atoms with E-state index in [1.54, 1.807) is 16.2 Å². The molecule has 1 aromatic heterocycles. The number of likely N-dealkylation sites (tertiary alicyclic amines) is 1. The summed E-state index contributed by atoms with van der Waals surface area (Å²) in [6.45, 7) is 5.33. The number of carbonyl (C=O) groups is 2. The molecule has 3 heterocycles. The van der Waals surface area contributed by atoms with E-state index in [1.165, 1.54) is 6.92 Å². The smallest absolute Gasteiger partial charge is 0.247 e. The Balaban J connectivity index is 1.50. The average molecular weight is 374 g/mol. The van der Waals surface area contributed by atoms with Gasteiger partial charge in [0.05, 0.1) is 23.4 Å². The quantitative estimate of drug-likeness (QED) is 0.890. The molecular weight excluding hydrogens is 352 g/mol. The minimum atomic E-state index is -0.367. The number of ether oxygens (including phenoxy) is 1. The van der Waals surface area contributed by atoms with Crippen LogP contribution in [0.25, 0.3) is 10.2 Å². The summed E-state index contributed by atoms with van der Waals surface area (Å²) in [5.74, 6) is -0.161. The highest BCUT2D eigenvalue weighted by atomic mass is 32.1. The molecule has 2 aromatic rings. The molecule has 0 bridgehead atoms. The van der Waals surface area contributed by atoms with Crippen LogP contribution in [-0.4, -0.2) is 60.6 Å². The van der Waals surface area contributed by atoms with Crippen LogP contribution in [0, 0.1) is 0 Å². The van der Waals surface area contributed by atoms with E-state index in [-0.39, 0.29) is 17.9 Å². The Kier molecular flexibility index (Phi) is 4.78. The van der Waals surface area contributed by atoms with E-state index in [1.807, 2.05) is 18.2 Å². The van der Waals surface area contributed by atoms with Gasteiger partial charge < -0.3 is 19.9 Å². The van der Waals surface area contributed by atoms with Crippen molar-refractivity contribution in [2.45, 2.75) is 25.8 Å². The maximum absolute atomic E-state index is 12.6. The van der Waals surface area contributed by atoms with Crippen LogP contribution in [0.1, 0.15) is 19.8 Å². The average Bonchev–Trinajstić information content (AvgIpc) is 3.29. The zero-order valence-electron chi connectivity index (χ0n) is 14.7. The fraction of sp³-hybridized carbons (Fsp3) is 0.500. The van der Waals surface area contributed by atoms with Crippen molar-refractivity contribution in [1.29, 1.82) is 0 Å². The summed E-state index contributed by atoms with van der Waals surface area (Å²) >= 11 is 1.63. The van der Waals surface area contributed by atoms with Crippen LogP contribution in [-0.2, 0) is 14.3 Å². The summed E-state index contributed by atoms with van der Waals surface area (Å²) in [5, 5.41) is 3.95. The number of nitrogens with one attached hydrogen (secondary N) is 1. The molecule has 1 unspecified atom stereocenters. The predicted octanol–water partition coefficient (Wildman–Crippen LogP) is 2.08. The van der Waals surface area contributed by atoms with E-state index in [0.29, 0.717) is 6.54 Å². The minimum Gasteiger partial charge on any atom is -0.378 e. The summed E-state index contributed by atoms with van der Waals surface area (Å²) < 4.78 is 6.43. The molecule has 138 valence electrons. The second-order valence-electron chi connectivity index (χ2n) is 6.64. The van der Waals surface area contributed by atoms with E-state index < -0.39 is 0 Å². The van der Waals surface area contributed by atoms with Crippen LogP contribution >= 0.6 is 11.3 Å². The Morgan fingerprint density at radius 3 is 2.85 bits per heavy atom. The van der Waals surface area contributed by atoms with Crippen molar-refractivity contribution in [2.24, 2.45) is 0 Å². The maximum Gasteiger partial charge on any atom is 0.247 e. The van der Waals surface area contributed by atoms with Crippen LogP contribution in [0.4, 0.5) is 10.8 Å². The standard InChI is InChI=1S/C18H22N4O3S/c1-12(23)22-6-2-3-15(22)17(24)19-13-4-5-14-16(11-13)26-18(20-14)21-7-9-25-10-8-21/h4-5,11,15H,2-3,6-10H2,1H3,(H,19,24). The SMILES string of the molecule is CC(=O)N1CCCC1C(=O)Nc1ccc2nc(N3CCOCC3)sc2c1. The molecular formula is C18H22N4O3S. The van der Waals surface area contributed by atoms with E-state index in [4.69, 9.17) is 9.72 Å². The van der Waals surface area contributed by atoms with Crippen molar-refractivity contribution >= 4 is 44.2 Å². The number of morpholine rings is 1. The summed E-state index contributed by atoms with van der Waals surface area (Å²) in [6.07, 6.45) is 1.59. The molecule has 2 aliphatic heterocycles. The molecule has 2 aliphatic rings. The number of nitrogens with zero attached hydrogens (tertiary/aromatic N) is 3. The summed E-state index contributed by atoms with van der Waals surface area (Å²) in [4.78, 5) is 32.8. The van der Waals surface area contributed by atoms with E-state index >= 15 is 0 Å². The number of fused-ring (bicyclic) bond motifs is 1. The lowest BCUT2D eigenvalue weighted by atomic mass is 10.2. The first-order valence-corrected chi connectivity index (χ1v) is 9.75. The Hall–Kier alpha value is -2.19. The molecule has 0 aliphatic carbocycles. The zero-order valence-corrected chi connectivity index (χ0v) is 15.6. The molecule has 2 saturated heterocycles. The van der Waals surface area contributed by atoms with Gasteiger partial charge in [0.2, 0.25) is 11.8 Å². The number of rotatable bonds is 3.